The summed E-state index contributed by atoms with van der Waals surface area (Å²) in [6.07, 6.45) is 5.26. The molecule has 0 saturated heterocycles. The van der Waals surface area contributed by atoms with Crippen LogP contribution in [0.2, 0.25) is 0 Å². The van der Waals surface area contributed by atoms with Gasteiger partial charge < -0.3 is 14.8 Å². The van der Waals surface area contributed by atoms with E-state index in [-0.39, 0.29) is 0 Å². The molecule has 0 amide bonds. The van der Waals surface area contributed by atoms with E-state index in [0.717, 1.165) is 29.3 Å². The van der Waals surface area contributed by atoms with Gasteiger partial charge in [-0.25, -0.2) is 0 Å². The summed E-state index contributed by atoms with van der Waals surface area (Å²) in [6, 6.07) is 16.2. The highest BCUT2D eigenvalue weighted by Crippen LogP contribution is 2.30. The van der Waals surface area contributed by atoms with Gasteiger partial charge in [-0.1, -0.05) is 30.3 Å². The van der Waals surface area contributed by atoms with Gasteiger partial charge in [-0.15, -0.1) is 0 Å². The lowest BCUT2D eigenvalue weighted by molar-refractivity contribution is 0.211. The molecule has 2 aromatic rings. The third kappa shape index (κ3) is 3.53. The number of ether oxygens (including phenoxy) is 2. The molecule has 0 unspecified atom stereocenters. The van der Waals surface area contributed by atoms with Crippen LogP contribution in [0, 0.1) is 0 Å². The van der Waals surface area contributed by atoms with Crippen molar-refractivity contribution >= 4 is 5.69 Å². The first-order chi connectivity index (χ1) is 10.9. The molecule has 22 heavy (non-hydrogen) atoms. The highest BCUT2D eigenvalue weighted by Gasteiger charge is 2.17. The predicted octanol–water partition coefficient (Wildman–Crippen LogP) is 4.63. The molecule has 1 aliphatic carbocycles. The monoisotopic (exact) mass is 297 g/mol. The second-order valence-corrected chi connectivity index (χ2v) is 5.69. The number of anilines is 1. The zero-order chi connectivity index (χ0) is 15.2. The van der Waals surface area contributed by atoms with E-state index < -0.39 is 0 Å². The Labute approximate surface area is 132 Å². The SMILES string of the molecule is COc1ccccc1CNc1ccccc1OC1CCCC1. The number of rotatable bonds is 6. The molecule has 1 N–H and O–H groups in total. The van der Waals surface area contributed by atoms with Gasteiger partial charge in [0.2, 0.25) is 0 Å². The number of nitrogens with one attached hydrogen (secondary N) is 1. The van der Waals surface area contributed by atoms with Gasteiger partial charge >= 0.3 is 0 Å². The fourth-order valence-electron chi connectivity index (χ4n) is 2.94. The van der Waals surface area contributed by atoms with E-state index in [1.165, 1.54) is 25.7 Å². The Morgan fingerprint density at radius 1 is 0.955 bits per heavy atom. The summed E-state index contributed by atoms with van der Waals surface area (Å²) in [5.41, 5.74) is 2.18. The van der Waals surface area contributed by atoms with Gasteiger partial charge in [-0.05, 0) is 43.9 Å². The lowest BCUT2D eigenvalue weighted by Crippen LogP contribution is -2.12. The topological polar surface area (TPSA) is 30.5 Å². The maximum Gasteiger partial charge on any atom is 0.142 e. The van der Waals surface area contributed by atoms with Gasteiger partial charge in [0, 0.05) is 12.1 Å². The Balaban J connectivity index is 1.69. The molecule has 0 bridgehead atoms. The minimum Gasteiger partial charge on any atom is -0.496 e. The van der Waals surface area contributed by atoms with E-state index in [1.807, 2.05) is 36.4 Å². The molecular formula is C19H23NO2. The molecule has 0 atom stereocenters. The van der Waals surface area contributed by atoms with Gasteiger partial charge in [-0.2, -0.15) is 0 Å². The van der Waals surface area contributed by atoms with E-state index in [4.69, 9.17) is 9.47 Å². The van der Waals surface area contributed by atoms with Crippen LogP contribution in [0.15, 0.2) is 48.5 Å². The van der Waals surface area contributed by atoms with Gasteiger partial charge in [-0.3, -0.25) is 0 Å². The second-order valence-electron chi connectivity index (χ2n) is 5.69. The lowest BCUT2D eigenvalue weighted by atomic mass is 10.2. The largest absolute Gasteiger partial charge is 0.496 e. The Morgan fingerprint density at radius 2 is 1.64 bits per heavy atom. The van der Waals surface area contributed by atoms with Crippen molar-refractivity contribution in [2.45, 2.75) is 38.3 Å². The molecule has 1 fully saturated rings. The quantitative estimate of drug-likeness (QED) is 0.843. The average molecular weight is 297 g/mol. The van der Waals surface area contributed by atoms with Crippen LogP contribution in [0.5, 0.6) is 11.5 Å². The summed E-state index contributed by atoms with van der Waals surface area (Å²) in [7, 11) is 1.70. The van der Waals surface area contributed by atoms with Crippen molar-refractivity contribution in [1.29, 1.82) is 0 Å². The van der Waals surface area contributed by atoms with Crippen molar-refractivity contribution in [3.63, 3.8) is 0 Å². The fraction of sp³-hybridized carbons (Fsp3) is 0.368. The molecule has 0 radical (unpaired) electrons. The van der Waals surface area contributed by atoms with E-state index in [1.54, 1.807) is 7.11 Å². The number of benzene rings is 2. The van der Waals surface area contributed by atoms with Crippen molar-refractivity contribution in [3.05, 3.63) is 54.1 Å². The molecule has 0 aliphatic heterocycles. The molecule has 0 aromatic heterocycles. The number of hydrogen-bond acceptors (Lipinski definition) is 3. The first-order valence-electron chi connectivity index (χ1n) is 7.98. The summed E-state index contributed by atoms with van der Waals surface area (Å²) in [5.74, 6) is 1.86. The third-order valence-corrected chi connectivity index (χ3v) is 4.14. The van der Waals surface area contributed by atoms with Crippen LogP contribution in [-0.4, -0.2) is 13.2 Å². The van der Waals surface area contributed by atoms with Crippen LogP contribution in [-0.2, 0) is 6.54 Å². The maximum atomic E-state index is 6.16. The second kappa shape index (κ2) is 7.21. The van der Waals surface area contributed by atoms with Crippen LogP contribution < -0.4 is 14.8 Å². The summed E-state index contributed by atoms with van der Waals surface area (Å²) < 4.78 is 11.6. The zero-order valence-electron chi connectivity index (χ0n) is 13.0. The van der Waals surface area contributed by atoms with Crippen molar-refractivity contribution in [3.8, 4) is 11.5 Å². The smallest absolute Gasteiger partial charge is 0.142 e. The number of methoxy groups -OCH3 is 1. The number of para-hydroxylation sites is 3. The lowest BCUT2D eigenvalue weighted by Gasteiger charge is -2.18. The zero-order valence-corrected chi connectivity index (χ0v) is 13.0. The van der Waals surface area contributed by atoms with Gasteiger partial charge in [0.05, 0.1) is 18.9 Å². The molecule has 0 heterocycles. The van der Waals surface area contributed by atoms with Crippen LogP contribution >= 0.6 is 0 Å². The normalized spacial score (nSPS) is 14.8. The van der Waals surface area contributed by atoms with Crippen LogP contribution in [0.1, 0.15) is 31.2 Å². The first-order valence-corrected chi connectivity index (χ1v) is 7.98. The van der Waals surface area contributed by atoms with Gasteiger partial charge in [0.15, 0.2) is 0 Å². The molecule has 3 heteroatoms. The fourth-order valence-corrected chi connectivity index (χ4v) is 2.94. The van der Waals surface area contributed by atoms with Crippen molar-refractivity contribution < 1.29 is 9.47 Å². The number of hydrogen-bond donors (Lipinski definition) is 1. The summed E-state index contributed by atoms with van der Waals surface area (Å²) in [6.45, 7) is 0.717. The molecule has 116 valence electrons. The van der Waals surface area contributed by atoms with Crippen LogP contribution in [0.3, 0.4) is 0 Å². The average Bonchev–Trinajstić information content (AvgIpc) is 3.07. The van der Waals surface area contributed by atoms with E-state index in [2.05, 4.69) is 17.4 Å². The minimum absolute atomic E-state index is 0.370. The van der Waals surface area contributed by atoms with Crippen molar-refractivity contribution in [1.82, 2.24) is 0 Å². The molecule has 0 spiro atoms. The van der Waals surface area contributed by atoms with Crippen molar-refractivity contribution in [2.75, 3.05) is 12.4 Å². The highest BCUT2D eigenvalue weighted by atomic mass is 16.5. The summed E-state index contributed by atoms with van der Waals surface area (Å²) in [4.78, 5) is 0. The molecular weight excluding hydrogens is 274 g/mol. The maximum absolute atomic E-state index is 6.16. The Bertz CT molecular complexity index is 606. The molecule has 1 saturated carbocycles. The summed E-state index contributed by atoms with van der Waals surface area (Å²) >= 11 is 0. The van der Waals surface area contributed by atoms with Crippen LogP contribution in [0.25, 0.3) is 0 Å². The summed E-state index contributed by atoms with van der Waals surface area (Å²) in [5, 5.41) is 3.47. The van der Waals surface area contributed by atoms with E-state index >= 15 is 0 Å². The first kappa shape index (κ1) is 14.8. The molecule has 2 aromatic carbocycles. The van der Waals surface area contributed by atoms with E-state index in [9.17, 15) is 0 Å². The van der Waals surface area contributed by atoms with Gasteiger partial charge in [0.25, 0.3) is 0 Å². The molecule has 3 nitrogen and oxygen atoms in total. The Hall–Kier alpha value is -2.16. The van der Waals surface area contributed by atoms with Crippen LogP contribution in [0.4, 0.5) is 5.69 Å². The Kier molecular flexibility index (Phi) is 4.84. The Morgan fingerprint density at radius 3 is 2.41 bits per heavy atom. The van der Waals surface area contributed by atoms with E-state index in [0.29, 0.717) is 6.10 Å². The molecule has 1 aliphatic rings. The van der Waals surface area contributed by atoms with Gasteiger partial charge in [0.1, 0.15) is 11.5 Å². The van der Waals surface area contributed by atoms with Crippen molar-refractivity contribution in [2.24, 2.45) is 0 Å². The molecule has 3 rings (SSSR count). The third-order valence-electron chi connectivity index (χ3n) is 4.14. The highest BCUT2D eigenvalue weighted by molar-refractivity contribution is 5.57. The predicted molar refractivity (Wildman–Crippen MR) is 89.6 cm³/mol. The standard InChI is InChI=1S/C19H23NO2/c1-21-18-12-6-2-8-15(18)14-20-17-11-5-7-13-19(17)22-16-9-3-4-10-16/h2,5-8,11-13,16,20H,3-4,9-10,14H2,1H3. The minimum atomic E-state index is 0.370.